The first-order valence-corrected chi connectivity index (χ1v) is 7.38. The Labute approximate surface area is 130 Å². The van der Waals surface area contributed by atoms with E-state index in [2.05, 4.69) is 5.32 Å². The van der Waals surface area contributed by atoms with Crippen LogP contribution in [0.1, 0.15) is 26.3 Å². The van der Waals surface area contributed by atoms with Gasteiger partial charge in [-0.05, 0) is 39.3 Å². The molecule has 3 N–H and O–H groups in total. The van der Waals surface area contributed by atoms with Gasteiger partial charge in [0, 0.05) is 18.3 Å². The summed E-state index contributed by atoms with van der Waals surface area (Å²) < 4.78 is 5.31. The Morgan fingerprint density at radius 3 is 2.64 bits per heavy atom. The second-order valence-electron chi connectivity index (χ2n) is 6.70. The number of carbonyl (C=O) groups excluding carboxylic acids is 1. The van der Waals surface area contributed by atoms with Crippen molar-refractivity contribution in [2.45, 2.75) is 45.4 Å². The lowest BCUT2D eigenvalue weighted by Crippen LogP contribution is -2.36. The zero-order chi connectivity index (χ0) is 16.5. The number of aryl methyl sites for hydroxylation is 1. The molecule has 6 nitrogen and oxygen atoms in total. The largest absolute Gasteiger partial charge is 0.508 e. The first-order valence-electron chi connectivity index (χ1n) is 7.38. The molecule has 2 rings (SSSR count). The molecule has 1 aliphatic heterocycles. The van der Waals surface area contributed by atoms with Crippen LogP contribution in [-0.2, 0) is 4.74 Å². The SMILES string of the molecule is Cc1ccc(N[C@@H]2CN(C(=O)OC(C)(C)C)C[C@H]2O)cc1O. The van der Waals surface area contributed by atoms with Crippen molar-refractivity contribution in [1.82, 2.24) is 4.90 Å². The molecule has 1 aromatic carbocycles. The quantitative estimate of drug-likeness (QED) is 0.779. The van der Waals surface area contributed by atoms with E-state index < -0.39 is 17.8 Å². The highest BCUT2D eigenvalue weighted by molar-refractivity contribution is 5.69. The molecule has 1 saturated heterocycles. The summed E-state index contributed by atoms with van der Waals surface area (Å²) >= 11 is 0. The number of nitrogens with one attached hydrogen (secondary N) is 1. The Morgan fingerprint density at radius 1 is 1.36 bits per heavy atom. The maximum Gasteiger partial charge on any atom is 0.410 e. The van der Waals surface area contributed by atoms with Gasteiger partial charge < -0.3 is 25.2 Å². The van der Waals surface area contributed by atoms with Gasteiger partial charge in [0.2, 0.25) is 0 Å². The molecule has 22 heavy (non-hydrogen) atoms. The smallest absolute Gasteiger partial charge is 0.410 e. The van der Waals surface area contributed by atoms with E-state index in [1.807, 2.05) is 33.8 Å². The summed E-state index contributed by atoms with van der Waals surface area (Å²) in [7, 11) is 0. The number of aliphatic hydroxyl groups excluding tert-OH is 1. The third kappa shape index (κ3) is 4.04. The summed E-state index contributed by atoms with van der Waals surface area (Å²) in [6, 6.07) is 4.94. The van der Waals surface area contributed by atoms with Crippen molar-refractivity contribution >= 4 is 11.8 Å². The van der Waals surface area contributed by atoms with E-state index in [-0.39, 0.29) is 18.3 Å². The minimum atomic E-state index is -0.684. The maximum atomic E-state index is 12.0. The topological polar surface area (TPSA) is 82.0 Å². The van der Waals surface area contributed by atoms with Gasteiger partial charge in [-0.1, -0.05) is 6.07 Å². The molecule has 0 radical (unpaired) electrons. The van der Waals surface area contributed by atoms with Gasteiger partial charge in [0.25, 0.3) is 0 Å². The van der Waals surface area contributed by atoms with Gasteiger partial charge in [-0.2, -0.15) is 0 Å². The van der Waals surface area contributed by atoms with E-state index in [9.17, 15) is 15.0 Å². The van der Waals surface area contributed by atoms with E-state index >= 15 is 0 Å². The summed E-state index contributed by atoms with van der Waals surface area (Å²) in [6.45, 7) is 7.82. The normalized spacial score (nSPS) is 21.8. The third-order valence-corrected chi connectivity index (χ3v) is 3.50. The van der Waals surface area contributed by atoms with Crippen LogP contribution < -0.4 is 5.32 Å². The number of anilines is 1. The Bertz CT molecular complexity index is 554. The number of phenols is 1. The summed E-state index contributed by atoms with van der Waals surface area (Å²) in [5.41, 5.74) is 0.933. The Morgan fingerprint density at radius 2 is 2.05 bits per heavy atom. The molecule has 0 aromatic heterocycles. The molecule has 1 heterocycles. The van der Waals surface area contributed by atoms with E-state index in [1.165, 1.54) is 4.90 Å². The lowest BCUT2D eigenvalue weighted by molar-refractivity contribution is 0.0270. The Kier molecular flexibility index (Phi) is 4.51. The number of aliphatic hydroxyl groups is 1. The predicted octanol–water partition coefficient (Wildman–Crippen LogP) is 2.09. The number of benzene rings is 1. The number of hydrogen-bond donors (Lipinski definition) is 3. The first-order chi connectivity index (χ1) is 10.2. The van der Waals surface area contributed by atoms with E-state index in [0.29, 0.717) is 12.2 Å². The van der Waals surface area contributed by atoms with Crippen molar-refractivity contribution in [2.24, 2.45) is 0 Å². The van der Waals surface area contributed by atoms with Gasteiger partial charge in [-0.3, -0.25) is 0 Å². The minimum Gasteiger partial charge on any atom is -0.508 e. The molecule has 0 unspecified atom stereocenters. The predicted molar refractivity (Wildman–Crippen MR) is 84.1 cm³/mol. The summed E-state index contributed by atoms with van der Waals surface area (Å²) in [6.07, 6.45) is -1.11. The minimum absolute atomic E-state index is 0.196. The molecule has 1 aliphatic rings. The molecule has 0 aliphatic carbocycles. The molecule has 1 amide bonds. The molecule has 0 saturated carbocycles. The van der Waals surface area contributed by atoms with Crippen molar-refractivity contribution in [3.63, 3.8) is 0 Å². The molecule has 122 valence electrons. The third-order valence-electron chi connectivity index (χ3n) is 3.50. The molecular weight excluding hydrogens is 284 g/mol. The Balaban J connectivity index is 1.99. The lowest BCUT2D eigenvalue weighted by atomic mass is 10.1. The molecular formula is C16H24N2O4. The Hall–Kier alpha value is -1.95. The van der Waals surface area contributed by atoms with Gasteiger partial charge in [-0.25, -0.2) is 4.79 Å². The van der Waals surface area contributed by atoms with Crippen molar-refractivity contribution in [2.75, 3.05) is 18.4 Å². The standard InChI is InChI=1S/C16H24N2O4/c1-10-5-6-11(7-13(10)19)17-12-8-18(9-14(12)20)15(21)22-16(2,3)4/h5-7,12,14,17,19-20H,8-9H2,1-4H3/t12-,14-/m1/s1. The molecule has 0 bridgehead atoms. The number of rotatable bonds is 2. The van der Waals surface area contributed by atoms with Gasteiger partial charge in [0.15, 0.2) is 0 Å². The summed E-state index contributed by atoms with van der Waals surface area (Å²) in [4.78, 5) is 13.5. The van der Waals surface area contributed by atoms with Gasteiger partial charge in [0.1, 0.15) is 11.4 Å². The summed E-state index contributed by atoms with van der Waals surface area (Å²) in [5.74, 6) is 0.196. The molecule has 0 spiro atoms. The van der Waals surface area contributed by atoms with Crippen LogP contribution in [0.25, 0.3) is 0 Å². The second-order valence-corrected chi connectivity index (χ2v) is 6.70. The van der Waals surface area contributed by atoms with Crippen LogP contribution in [0.15, 0.2) is 18.2 Å². The highest BCUT2D eigenvalue weighted by Crippen LogP contribution is 2.24. The van der Waals surface area contributed by atoms with E-state index in [1.54, 1.807) is 12.1 Å². The first kappa shape index (κ1) is 16.4. The van der Waals surface area contributed by atoms with Crippen LogP contribution in [0.5, 0.6) is 5.75 Å². The van der Waals surface area contributed by atoms with Crippen LogP contribution in [-0.4, -0.2) is 52.0 Å². The number of nitrogens with zero attached hydrogens (tertiary/aromatic N) is 1. The molecule has 1 aromatic rings. The fourth-order valence-corrected chi connectivity index (χ4v) is 2.32. The van der Waals surface area contributed by atoms with Crippen molar-refractivity contribution in [3.8, 4) is 5.75 Å². The molecule has 2 atom stereocenters. The highest BCUT2D eigenvalue weighted by Gasteiger charge is 2.36. The maximum absolute atomic E-state index is 12.0. The van der Waals surface area contributed by atoms with Gasteiger partial charge in [0.05, 0.1) is 18.7 Å². The van der Waals surface area contributed by atoms with Gasteiger partial charge >= 0.3 is 6.09 Å². The highest BCUT2D eigenvalue weighted by atomic mass is 16.6. The zero-order valence-electron chi connectivity index (χ0n) is 13.5. The number of carbonyl (C=O) groups is 1. The zero-order valence-corrected chi connectivity index (χ0v) is 13.5. The van der Waals surface area contributed by atoms with Crippen LogP contribution in [0, 0.1) is 6.92 Å². The van der Waals surface area contributed by atoms with Crippen molar-refractivity contribution in [1.29, 1.82) is 0 Å². The number of ether oxygens (including phenoxy) is 1. The van der Waals surface area contributed by atoms with E-state index in [0.717, 1.165) is 5.56 Å². The number of hydrogen-bond acceptors (Lipinski definition) is 5. The monoisotopic (exact) mass is 308 g/mol. The molecule has 1 fully saturated rings. The fourth-order valence-electron chi connectivity index (χ4n) is 2.32. The van der Waals surface area contributed by atoms with Gasteiger partial charge in [-0.15, -0.1) is 0 Å². The van der Waals surface area contributed by atoms with Crippen LogP contribution in [0.2, 0.25) is 0 Å². The summed E-state index contributed by atoms with van der Waals surface area (Å²) in [5, 5.41) is 23.0. The average molecular weight is 308 g/mol. The number of likely N-dealkylation sites (tertiary alicyclic amines) is 1. The van der Waals surface area contributed by atoms with Crippen molar-refractivity contribution < 1.29 is 19.7 Å². The second kappa shape index (κ2) is 6.04. The molecule has 6 heteroatoms. The number of phenolic OH excluding ortho intramolecular Hbond substituents is 1. The van der Waals surface area contributed by atoms with Crippen LogP contribution >= 0.6 is 0 Å². The fraction of sp³-hybridized carbons (Fsp3) is 0.562. The van der Waals surface area contributed by atoms with Crippen LogP contribution in [0.4, 0.5) is 10.5 Å². The number of β-amino-alcohol motifs (C(OH)–C–C–N with tert-alkyl or cyclic N) is 1. The average Bonchev–Trinajstić information content (AvgIpc) is 2.74. The lowest BCUT2D eigenvalue weighted by Gasteiger charge is -2.24. The van der Waals surface area contributed by atoms with E-state index in [4.69, 9.17) is 4.74 Å². The van der Waals surface area contributed by atoms with Crippen LogP contribution in [0.3, 0.4) is 0 Å². The number of amides is 1. The number of aromatic hydroxyl groups is 1. The van der Waals surface area contributed by atoms with Crippen molar-refractivity contribution in [3.05, 3.63) is 23.8 Å².